The zero-order valence-electron chi connectivity index (χ0n) is 27.1. The fourth-order valence-electron chi connectivity index (χ4n) is 5.69. The topological polar surface area (TPSA) is 142 Å². The highest BCUT2D eigenvalue weighted by atomic mass is 16.6. The molecular formula is C36H37N7O5. The molecule has 6 rings (SSSR count). The zero-order chi connectivity index (χ0) is 33.6. The summed E-state index contributed by atoms with van der Waals surface area (Å²) in [7, 11) is 3.26. The molecule has 12 nitrogen and oxygen atoms in total. The summed E-state index contributed by atoms with van der Waals surface area (Å²) in [5.41, 5.74) is 3.58. The van der Waals surface area contributed by atoms with E-state index in [0.717, 1.165) is 40.8 Å². The van der Waals surface area contributed by atoms with Gasteiger partial charge in [0, 0.05) is 44.9 Å². The second kappa shape index (κ2) is 14.4. The normalized spacial score (nSPS) is 18.5. The van der Waals surface area contributed by atoms with E-state index in [4.69, 9.17) is 9.25 Å². The van der Waals surface area contributed by atoms with E-state index in [1.165, 1.54) is 23.2 Å². The first-order valence-electron chi connectivity index (χ1n) is 15.9. The van der Waals surface area contributed by atoms with Crippen LogP contribution in [0.25, 0.3) is 11.0 Å². The Morgan fingerprint density at radius 3 is 2.69 bits per heavy atom. The fourth-order valence-corrected chi connectivity index (χ4v) is 5.69. The van der Waals surface area contributed by atoms with Gasteiger partial charge in [-0.1, -0.05) is 41.9 Å². The van der Waals surface area contributed by atoms with Gasteiger partial charge in [0.25, 0.3) is 11.8 Å². The van der Waals surface area contributed by atoms with Crippen LogP contribution >= 0.6 is 0 Å². The summed E-state index contributed by atoms with van der Waals surface area (Å²) in [6.45, 7) is 2.90. The number of likely N-dealkylation sites (tertiary alicyclic amines) is 1. The number of hydrogen-bond acceptors (Lipinski definition) is 8. The molecule has 0 bridgehead atoms. The van der Waals surface area contributed by atoms with Crippen LogP contribution in [0.5, 0.6) is 0 Å². The second-order valence-electron chi connectivity index (χ2n) is 12.1. The van der Waals surface area contributed by atoms with Crippen LogP contribution in [0.1, 0.15) is 57.9 Å². The monoisotopic (exact) mass is 647 g/mol. The first kappa shape index (κ1) is 32.3. The first-order chi connectivity index (χ1) is 23.2. The van der Waals surface area contributed by atoms with E-state index >= 15 is 0 Å². The number of aliphatic imine (C=N–C) groups is 2. The Kier molecular flexibility index (Phi) is 9.70. The lowest BCUT2D eigenvalue weighted by molar-refractivity contribution is -0.134. The van der Waals surface area contributed by atoms with Gasteiger partial charge in [-0.3, -0.25) is 24.7 Å². The number of nitrogens with one attached hydrogen (secondary N) is 1. The predicted octanol–water partition coefficient (Wildman–Crippen LogP) is 5.15. The molecule has 2 aliphatic heterocycles. The van der Waals surface area contributed by atoms with E-state index in [9.17, 15) is 14.4 Å². The largest absolute Gasteiger partial charge is 0.461 e. The Morgan fingerprint density at radius 1 is 1.08 bits per heavy atom. The maximum Gasteiger partial charge on any atom is 0.271 e. The van der Waals surface area contributed by atoms with Crippen molar-refractivity contribution in [2.45, 2.75) is 38.7 Å². The van der Waals surface area contributed by atoms with E-state index < -0.39 is 11.8 Å². The first-order valence-corrected chi connectivity index (χ1v) is 15.9. The number of aryl methyl sites for hydroxylation is 1. The Bertz CT molecular complexity index is 1900. The summed E-state index contributed by atoms with van der Waals surface area (Å²) in [5.74, 6) is -0.574. The molecule has 0 aliphatic carbocycles. The minimum absolute atomic E-state index is 0.0108. The molecule has 2 unspecified atom stereocenters. The third-order valence-electron chi connectivity index (χ3n) is 8.20. The smallest absolute Gasteiger partial charge is 0.271 e. The minimum Gasteiger partial charge on any atom is -0.461 e. The van der Waals surface area contributed by atoms with Gasteiger partial charge in [-0.2, -0.15) is 0 Å². The molecule has 4 aromatic rings. The van der Waals surface area contributed by atoms with Crippen molar-refractivity contribution in [3.05, 3.63) is 95.5 Å². The van der Waals surface area contributed by atoms with Crippen LogP contribution in [0.2, 0.25) is 0 Å². The average molecular weight is 648 g/mol. The van der Waals surface area contributed by atoms with Crippen molar-refractivity contribution in [2.75, 3.05) is 27.2 Å². The third-order valence-corrected chi connectivity index (χ3v) is 8.20. The summed E-state index contributed by atoms with van der Waals surface area (Å²) < 4.78 is 5.69. The van der Waals surface area contributed by atoms with Crippen molar-refractivity contribution in [3.63, 3.8) is 0 Å². The summed E-state index contributed by atoms with van der Waals surface area (Å²) in [6, 6.07) is 20.2. The Labute approximate surface area is 278 Å². The number of hydrogen-bond donors (Lipinski definition) is 1. The number of rotatable bonds is 7. The van der Waals surface area contributed by atoms with E-state index in [-0.39, 0.29) is 35.1 Å². The molecule has 2 aliphatic rings. The molecule has 4 heterocycles. The highest BCUT2D eigenvalue weighted by Gasteiger charge is 2.31. The quantitative estimate of drug-likeness (QED) is 0.217. The standard InChI is InChI=1S/C36H37N7O5/c1-23-17-27-18-28(13-15-32(27)47-23)39-36(40-33(44)25-12-14-30(37-20-25)35(46)42(2)3)38-21-26-11-7-8-16-43(34(26)45)22-29-19-31(41-48-29)24-9-5-4-6-10-24/h4-6,9-10,12-15,17-18,20-21,26,29H,7-8,11,16,19,22H2,1-3H3,(H,39,40,44)/b38-21+. The van der Waals surface area contributed by atoms with Gasteiger partial charge in [0.05, 0.1) is 29.4 Å². The second-order valence-corrected chi connectivity index (χ2v) is 12.1. The molecule has 48 heavy (non-hydrogen) atoms. The van der Waals surface area contributed by atoms with Crippen LogP contribution in [0.4, 0.5) is 5.69 Å². The lowest BCUT2D eigenvalue weighted by Crippen LogP contribution is -2.41. The summed E-state index contributed by atoms with van der Waals surface area (Å²) in [5, 5.41) is 7.90. The molecule has 1 N–H and O–H groups in total. The third kappa shape index (κ3) is 7.65. The van der Waals surface area contributed by atoms with Crippen molar-refractivity contribution in [2.24, 2.45) is 21.1 Å². The number of pyridine rings is 1. The number of nitrogens with zero attached hydrogens (tertiary/aromatic N) is 6. The number of aromatic nitrogens is 1. The van der Waals surface area contributed by atoms with Crippen LogP contribution in [-0.2, 0) is 9.63 Å². The van der Waals surface area contributed by atoms with E-state index in [1.807, 2.05) is 54.3 Å². The molecule has 0 saturated carbocycles. The molecule has 2 atom stereocenters. The SMILES string of the molecule is Cc1cc2cc(N=C(/N=C/C3CCCCN(CC4CC(c5ccccc5)=NO4)C3=O)NC(=O)c3ccc(C(=O)N(C)C)nc3)ccc2o1. The maximum atomic E-state index is 13.7. The van der Waals surface area contributed by atoms with Crippen LogP contribution in [0.3, 0.4) is 0 Å². The number of oxime groups is 1. The number of amides is 3. The number of carbonyl (C=O) groups is 3. The lowest BCUT2D eigenvalue weighted by Gasteiger charge is -2.25. The van der Waals surface area contributed by atoms with Crippen molar-refractivity contribution in [3.8, 4) is 0 Å². The summed E-state index contributed by atoms with van der Waals surface area (Å²) >= 11 is 0. The molecule has 2 aromatic carbocycles. The summed E-state index contributed by atoms with van der Waals surface area (Å²) in [6.07, 6.45) is 5.60. The van der Waals surface area contributed by atoms with Crippen LogP contribution in [-0.4, -0.2) is 83.7 Å². The van der Waals surface area contributed by atoms with Gasteiger partial charge in [0.15, 0.2) is 6.10 Å². The number of carbonyl (C=O) groups excluding carboxylic acids is 3. The number of guanidine groups is 1. The zero-order valence-corrected chi connectivity index (χ0v) is 27.1. The van der Waals surface area contributed by atoms with Gasteiger partial charge in [-0.05, 0) is 61.7 Å². The van der Waals surface area contributed by atoms with Gasteiger partial charge >= 0.3 is 0 Å². The Hall–Kier alpha value is -5.65. The predicted molar refractivity (Wildman–Crippen MR) is 183 cm³/mol. The van der Waals surface area contributed by atoms with Crippen molar-refractivity contribution in [1.82, 2.24) is 20.1 Å². The van der Waals surface area contributed by atoms with E-state index in [2.05, 4.69) is 25.4 Å². The molecule has 246 valence electrons. The molecule has 0 radical (unpaired) electrons. The maximum absolute atomic E-state index is 13.7. The highest BCUT2D eigenvalue weighted by Crippen LogP contribution is 2.25. The molecule has 2 aromatic heterocycles. The van der Waals surface area contributed by atoms with Gasteiger partial charge in [0.2, 0.25) is 11.9 Å². The molecule has 3 amide bonds. The average Bonchev–Trinajstić information content (AvgIpc) is 3.67. The van der Waals surface area contributed by atoms with E-state index in [1.54, 1.807) is 32.4 Å². The minimum atomic E-state index is -0.512. The van der Waals surface area contributed by atoms with Crippen LogP contribution in [0, 0.1) is 12.8 Å². The highest BCUT2D eigenvalue weighted by molar-refractivity contribution is 6.09. The molecule has 12 heteroatoms. The number of furan rings is 1. The molecule has 0 spiro atoms. The van der Waals surface area contributed by atoms with Gasteiger partial charge in [-0.15, -0.1) is 0 Å². The fraction of sp³-hybridized carbons (Fsp3) is 0.306. The Morgan fingerprint density at radius 2 is 1.92 bits per heavy atom. The molecule has 1 saturated heterocycles. The molecular weight excluding hydrogens is 610 g/mol. The van der Waals surface area contributed by atoms with Crippen molar-refractivity contribution in [1.29, 1.82) is 0 Å². The Balaban J connectivity index is 1.20. The van der Waals surface area contributed by atoms with E-state index in [0.29, 0.717) is 31.6 Å². The lowest BCUT2D eigenvalue weighted by atomic mass is 10.0. The molecule has 1 fully saturated rings. The van der Waals surface area contributed by atoms with Gasteiger partial charge in [0.1, 0.15) is 17.0 Å². The van der Waals surface area contributed by atoms with Gasteiger partial charge < -0.3 is 19.1 Å². The number of benzene rings is 2. The van der Waals surface area contributed by atoms with Crippen molar-refractivity contribution >= 4 is 52.3 Å². The van der Waals surface area contributed by atoms with Crippen LogP contribution in [0.15, 0.2) is 92.5 Å². The number of fused-ring (bicyclic) bond motifs is 1. The van der Waals surface area contributed by atoms with Crippen LogP contribution < -0.4 is 5.32 Å². The van der Waals surface area contributed by atoms with Crippen molar-refractivity contribution < 1.29 is 23.6 Å². The summed E-state index contributed by atoms with van der Waals surface area (Å²) in [4.78, 5) is 61.6. The van der Waals surface area contributed by atoms with Gasteiger partial charge in [-0.25, -0.2) is 9.98 Å².